The van der Waals surface area contributed by atoms with Crippen LogP contribution < -0.4 is 4.56 Å². The van der Waals surface area contributed by atoms with Crippen molar-refractivity contribution in [2.45, 2.75) is 6.92 Å². The summed E-state index contributed by atoms with van der Waals surface area (Å²) in [5.74, 6) is 0. The number of rotatable bonds is 0. The average molecular weight is 310 g/mol. The Morgan fingerprint density at radius 1 is 0.826 bits per heavy atom. The molecule has 0 aliphatic rings. The molecule has 2 radical (unpaired) electrons. The van der Waals surface area contributed by atoms with Crippen molar-refractivity contribution < 1.29 is 4.42 Å². The van der Waals surface area contributed by atoms with Gasteiger partial charge in [0.1, 0.15) is 11.1 Å². The molecule has 0 spiro atoms. The van der Waals surface area contributed by atoms with E-state index in [9.17, 15) is 0 Å². The number of nitrogens with zero attached hydrogens (tertiary/aromatic N) is 2. The summed E-state index contributed by atoms with van der Waals surface area (Å²) in [4.78, 5) is 9.30. The number of hydrogen-bond donors (Lipinski definition) is 0. The third kappa shape index (κ3) is 1.71. The van der Waals surface area contributed by atoms with Crippen LogP contribution in [-0.2, 0) is 0 Å². The number of benzene rings is 3. The molecule has 0 amide bonds. The summed E-state index contributed by atoms with van der Waals surface area (Å²) in [6, 6.07) is 16.7. The Kier molecular flexibility index (Phi) is 2.58. The van der Waals surface area contributed by atoms with E-state index in [0.717, 1.165) is 37.5 Å². The highest BCUT2D eigenvalue weighted by Crippen LogP contribution is 2.39. The molecule has 4 heteroatoms. The number of furan rings is 1. The molecule has 2 heterocycles. The van der Waals surface area contributed by atoms with Gasteiger partial charge in [-0.05, 0) is 27.6 Å². The molecule has 0 fully saturated rings. The molecule has 3 nitrogen and oxygen atoms in total. The zero-order chi connectivity index (χ0) is 15.6. The first-order valence-corrected chi connectivity index (χ1v) is 8.07. The van der Waals surface area contributed by atoms with Crippen molar-refractivity contribution in [2.24, 2.45) is 0 Å². The lowest BCUT2D eigenvalue weighted by Gasteiger charge is -2.05. The second-order valence-corrected chi connectivity index (χ2v) is 6.29. The van der Waals surface area contributed by atoms with E-state index in [-0.39, 0.29) is 0 Å². The second-order valence-electron chi connectivity index (χ2n) is 5.75. The van der Waals surface area contributed by atoms with E-state index in [1.54, 1.807) is 0 Å². The van der Waals surface area contributed by atoms with Crippen molar-refractivity contribution in [2.75, 3.05) is 0 Å². The summed E-state index contributed by atoms with van der Waals surface area (Å²) in [7, 11) is 0. The van der Waals surface area contributed by atoms with E-state index in [0.29, 0.717) is 5.71 Å². The van der Waals surface area contributed by atoms with Crippen LogP contribution in [0.5, 0.6) is 0 Å². The SMILES string of the molecule is Cc1nc2c(n[c]1[Al])oc1c3ccccc3c3ccccc3c21. The predicted octanol–water partition coefficient (Wildman–Crippen LogP) is 3.78. The third-order valence-electron chi connectivity index (χ3n) is 4.40. The largest absolute Gasteiger partial charge is 0.436 e. The molecule has 0 saturated carbocycles. The average Bonchev–Trinajstić information content (AvgIpc) is 2.94. The van der Waals surface area contributed by atoms with Gasteiger partial charge in [-0.25, -0.2) is 9.97 Å². The molecule has 0 N–H and O–H groups in total. The zero-order valence-corrected chi connectivity index (χ0v) is 13.7. The summed E-state index contributed by atoms with van der Waals surface area (Å²) < 4.78 is 6.95. The summed E-state index contributed by atoms with van der Waals surface area (Å²) in [6.45, 7) is 1.97. The van der Waals surface area contributed by atoms with Crippen LogP contribution in [-0.4, -0.2) is 26.3 Å². The highest BCUT2D eigenvalue weighted by atomic mass is 27.0. The van der Waals surface area contributed by atoms with Crippen molar-refractivity contribution in [3.05, 3.63) is 54.2 Å². The van der Waals surface area contributed by atoms with Gasteiger partial charge < -0.3 is 4.42 Å². The van der Waals surface area contributed by atoms with E-state index in [1.807, 2.05) is 13.0 Å². The normalized spacial score (nSPS) is 11.9. The molecule has 3 aromatic carbocycles. The fourth-order valence-electron chi connectivity index (χ4n) is 3.30. The highest BCUT2D eigenvalue weighted by molar-refractivity contribution is 6.33. The molecule has 2 aromatic heterocycles. The summed E-state index contributed by atoms with van der Waals surface area (Å²) in [6.07, 6.45) is 0. The third-order valence-corrected chi connectivity index (χ3v) is 4.94. The van der Waals surface area contributed by atoms with Crippen LogP contribution in [0.2, 0.25) is 0 Å². The Balaban J connectivity index is 2.19. The summed E-state index contributed by atoms with van der Waals surface area (Å²) in [5, 5.41) is 5.72. The molecule has 5 rings (SSSR count). The lowest BCUT2D eigenvalue weighted by Crippen LogP contribution is -2.13. The Hall–Kier alpha value is -2.41. The first-order chi connectivity index (χ1) is 11.2. The Labute approximate surface area is 140 Å². The maximum Gasteiger partial charge on any atom is 0.245 e. The molecule has 0 saturated heterocycles. The number of hydrogen-bond acceptors (Lipinski definition) is 3. The molecular weight excluding hydrogens is 299 g/mol. The molecule has 23 heavy (non-hydrogen) atoms. The topological polar surface area (TPSA) is 38.9 Å². The standard InChI is InChI=1S/C19H11N2O.Al/c1-11-10-20-19-17(21-11)16-14-8-4-2-6-12(14)13-7-3-5-9-15(13)18(16)22-19;/h2-9H,1H3;. The minimum atomic E-state index is 0.595. The van der Waals surface area contributed by atoms with Crippen LogP contribution in [0.3, 0.4) is 0 Å². The van der Waals surface area contributed by atoms with Crippen LogP contribution in [0.1, 0.15) is 5.69 Å². The number of fused-ring (bicyclic) bond motifs is 8. The predicted molar refractivity (Wildman–Crippen MR) is 94.4 cm³/mol. The van der Waals surface area contributed by atoms with Gasteiger partial charge in [-0.1, -0.05) is 48.5 Å². The van der Waals surface area contributed by atoms with Gasteiger partial charge in [0.25, 0.3) is 0 Å². The Morgan fingerprint density at radius 2 is 1.43 bits per heavy atom. The van der Waals surface area contributed by atoms with Crippen LogP contribution in [0.25, 0.3) is 43.7 Å². The van der Waals surface area contributed by atoms with E-state index < -0.39 is 0 Å². The summed E-state index contributed by atoms with van der Waals surface area (Å²) >= 11 is 2.62. The molecule has 0 aliphatic heterocycles. The van der Waals surface area contributed by atoms with Gasteiger partial charge in [0, 0.05) is 11.1 Å². The maximum atomic E-state index is 6.12. The zero-order valence-electron chi connectivity index (χ0n) is 12.5. The summed E-state index contributed by atoms with van der Waals surface area (Å²) in [5.41, 5.74) is 3.20. The minimum Gasteiger partial charge on any atom is -0.436 e. The fraction of sp³-hybridized carbons (Fsp3) is 0.0526. The van der Waals surface area contributed by atoms with E-state index in [2.05, 4.69) is 63.7 Å². The van der Waals surface area contributed by atoms with E-state index >= 15 is 0 Å². The second kappa shape index (κ2) is 4.55. The van der Waals surface area contributed by atoms with Gasteiger partial charge in [-0.2, -0.15) is 0 Å². The number of aryl methyl sites for hydroxylation is 1. The van der Waals surface area contributed by atoms with Crippen LogP contribution in [0.15, 0.2) is 52.9 Å². The van der Waals surface area contributed by atoms with Gasteiger partial charge in [0.05, 0.1) is 5.39 Å². The highest BCUT2D eigenvalue weighted by Gasteiger charge is 2.17. The van der Waals surface area contributed by atoms with Crippen molar-refractivity contribution in [1.82, 2.24) is 9.97 Å². The van der Waals surface area contributed by atoms with Crippen LogP contribution in [0, 0.1) is 6.92 Å². The van der Waals surface area contributed by atoms with Crippen molar-refractivity contribution in [3.8, 4) is 0 Å². The van der Waals surface area contributed by atoms with Gasteiger partial charge in [0.2, 0.25) is 22.0 Å². The fourth-order valence-corrected chi connectivity index (χ4v) is 3.48. The first kappa shape index (κ1) is 13.1. The van der Waals surface area contributed by atoms with Crippen molar-refractivity contribution in [1.29, 1.82) is 0 Å². The molecule has 0 atom stereocenters. The van der Waals surface area contributed by atoms with E-state index in [1.165, 1.54) is 10.8 Å². The molecule has 0 aliphatic carbocycles. The lowest BCUT2D eigenvalue weighted by molar-refractivity contribution is 0.657. The van der Waals surface area contributed by atoms with Crippen molar-refractivity contribution >= 4 is 64.6 Å². The molecule has 5 aromatic rings. The van der Waals surface area contributed by atoms with Crippen LogP contribution in [0.4, 0.5) is 0 Å². The quantitative estimate of drug-likeness (QED) is 0.323. The Morgan fingerprint density at radius 3 is 2.17 bits per heavy atom. The van der Waals surface area contributed by atoms with Gasteiger partial charge in [-0.15, -0.1) is 0 Å². The van der Waals surface area contributed by atoms with Crippen LogP contribution >= 0.6 is 0 Å². The van der Waals surface area contributed by atoms with Gasteiger partial charge in [0.15, 0.2) is 0 Å². The molecule has 0 unspecified atom stereocenters. The van der Waals surface area contributed by atoms with Gasteiger partial charge >= 0.3 is 0 Å². The number of aromatic nitrogens is 2. The van der Waals surface area contributed by atoms with Gasteiger partial charge in [-0.3, -0.25) is 0 Å². The van der Waals surface area contributed by atoms with E-state index in [4.69, 9.17) is 9.40 Å². The molecule has 106 valence electrons. The molecule has 0 bridgehead atoms. The Bertz CT molecular complexity index is 1240. The van der Waals surface area contributed by atoms with Crippen molar-refractivity contribution in [3.63, 3.8) is 0 Å². The minimum absolute atomic E-state index is 0.595. The monoisotopic (exact) mass is 310 g/mol. The smallest absolute Gasteiger partial charge is 0.245 e. The molecular formula is C19H11AlN2O. The lowest BCUT2D eigenvalue weighted by atomic mass is 9.98. The maximum absolute atomic E-state index is 6.12. The first-order valence-electron chi connectivity index (χ1n) is 7.50.